The van der Waals surface area contributed by atoms with Crippen molar-refractivity contribution < 1.29 is 38.4 Å². The Morgan fingerprint density at radius 1 is 0.935 bits per heavy atom. The Morgan fingerprint density at radius 2 is 1.59 bits per heavy atom. The lowest BCUT2D eigenvalue weighted by atomic mass is 9.80. The highest BCUT2D eigenvalue weighted by Gasteiger charge is 2.34. The van der Waals surface area contributed by atoms with Crippen LogP contribution in [0.1, 0.15) is 87.1 Å². The van der Waals surface area contributed by atoms with E-state index in [1.807, 2.05) is 32.0 Å². The first-order valence-electron chi connectivity index (χ1n) is 16.3. The van der Waals surface area contributed by atoms with Crippen molar-refractivity contribution in [2.24, 2.45) is 34.8 Å². The highest BCUT2D eigenvalue weighted by atomic mass is 16.6. The fourth-order valence-corrected chi connectivity index (χ4v) is 4.97. The first-order chi connectivity index (χ1) is 21.3. The number of methoxy groups -OCH3 is 2. The largest absolute Gasteiger partial charge is 0.493 e. The molecule has 0 bridgehead atoms. The topological polar surface area (TPSA) is 158 Å². The van der Waals surface area contributed by atoms with Crippen LogP contribution in [0.2, 0.25) is 0 Å². The van der Waals surface area contributed by atoms with E-state index in [4.69, 9.17) is 24.7 Å². The van der Waals surface area contributed by atoms with E-state index in [1.54, 1.807) is 48.8 Å². The molecule has 1 aromatic rings. The van der Waals surface area contributed by atoms with Crippen LogP contribution in [-0.4, -0.2) is 74.7 Å². The van der Waals surface area contributed by atoms with Crippen LogP contribution >= 0.6 is 0 Å². The summed E-state index contributed by atoms with van der Waals surface area (Å²) >= 11 is 0. The number of amides is 3. The second-order valence-corrected chi connectivity index (χ2v) is 14.5. The van der Waals surface area contributed by atoms with E-state index >= 15 is 0 Å². The quantitative estimate of drug-likeness (QED) is 0.146. The normalized spacial score (nSPS) is 14.7. The van der Waals surface area contributed by atoms with Gasteiger partial charge in [0.15, 0.2) is 11.5 Å². The van der Waals surface area contributed by atoms with E-state index in [-0.39, 0.29) is 36.6 Å². The van der Waals surface area contributed by atoms with Crippen molar-refractivity contribution in [1.29, 1.82) is 0 Å². The number of hydrogen-bond donors (Lipinski definition) is 4. The van der Waals surface area contributed by atoms with Crippen molar-refractivity contribution in [1.82, 2.24) is 10.6 Å². The minimum absolute atomic E-state index is 0.0482. The van der Waals surface area contributed by atoms with Crippen molar-refractivity contribution in [2.45, 2.75) is 106 Å². The molecule has 0 spiro atoms. The Morgan fingerprint density at radius 3 is 2.11 bits per heavy atom. The van der Waals surface area contributed by atoms with Crippen LogP contribution in [-0.2, 0) is 25.5 Å². The summed E-state index contributed by atoms with van der Waals surface area (Å²) in [4.78, 5) is 38.0. The molecular formula is C35H61N3O8. The number of nitrogens with one attached hydrogen (secondary N) is 2. The number of alkyl carbamates (subject to hydrolysis) is 1. The summed E-state index contributed by atoms with van der Waals surface area (Å²) in [5.74, 6) is 0.0461. The summed E-state index contributed by atoms with van der Waals surface area (Å²) in [6.45, 7) is 17.9. The number of aliphatic hydroxyl groups is 1. The van der Waals surface area contributed by atoms with Crippen LogP contribution in [0.25, 0.3) is 0 Å². The number of primary amides is 1. The van der Waals surface area contributed by atoms with Gasteiger partial charge in [0.2, 0.25) is 11.8 Å². The highest BCUT2D eigenvalue weighted by molar-refractivity contribution is 5.83. The predicted molar refractivity (Wildman–Crippen MR) is 180 cm³/mol. The second kappa shape index (κ2) is 18.9. The maximum Gasteiger partial charge on any atom is 0.407 e. The zero-order chi connectivity index (χ0) is 35.2. The Labute approximate surface area is 276 Å². The Kier molecular flexibility index (Phi) is 16.9. The van der Waals surface area contributed by atoms with E-state index < -0.39 is 41.1 Å². The van der Waals surface area contributed by atoms with Crippen molar-refractivity contribution in [3.63, 3.8) is 0 Å². The van der Waals surface area contributed by atoms with Gasteiger partial charge in [-0.2, -0.15) is 0 Å². The smallest absolute Gasteiger partial charge is 0.407 e. The molecule has 0 radical (unpaired) electrons. The number of carbonyl (C=O) groups excluding carboxylic acids is 3. The van der Waals surface area contributed by atoms with Crippen LogP contribution in [0.3, 0.4) is 0 Å². The number of benzene rings is 1. The molecule has 46 heavy (non-hydrogen) atoms. The van der Waals surface area contributed by atoms with Gasteiger partial charge in [0.1, 0.15) is 5.60 Å². The van der Waals surface area contributed by atoms with E-state index in [2.05, 4.69) is 24.5 Å². The zero-order valence-corrected chi connectivity index (χ0v) is 30.0. The molecule has 0 aromatic heterocycles. The van der Waals surface area contributed by atoms with E-state index in [9.17, 15) is 19.5 Å². The predicted octanol–water partition coefficient (Wildman–Crippen LogP) is 4.86. The lowest BCUT2D eigenvalue weighted by Crippen LogP contribution is -2.49. The van der Waals surface area contributed by atoms with Gasteiger partial charge in [0.05, 0.1) is 31.3 Å². The van der Waals surface area contributed by atoms with Crippen LogP contribution < -0.4 is 25.8 Å². The first kappa shape index (κ1) is 41.0. The molecule has 11 nitrogen and oxygen atoms in total. The third-order valence-corrected chi connectivity index (χ3v) is 8.15. The number of aliphatic hydroxyl groups excluding tert-OH is 1. The molecule has 0 aliphatic heterocycles. The average Bonchev–Trinajstić information content (AvgIpc) is 2.94. The summed E-state index contributed by atoms with van der Waals surface area (Å²) in [5, 5.41) is 17.4. The van der Waals surface area contributed by atoms with Crippen LogP contribution in [0, 0.1) is 29.1 Å². The summed E-state index contributed by atoms with van der Waals surface area (Å²) in [6.07, 6.45) is 0.261. The van der Waals surface area contributed by atoms with Crippen LogP contribution in [0.4, 0.5) is 4.79 Å². The lowest BCUT2D eigenvalue weighted by molar-refractivity contribution is -0.130. The molecule has 5 N–H and O–H groups in total. The maximum absolute atomic E-state index is 13.3. The molecule has 0 saturated carbocycles. The van der Waals surface area contributed by atoms with Crippen molar-refractivity contribution in [2.75, 3.05) is 34.0 Å². The van der Waals surface area contributed by atoms with Gasteiger partial charge < -0.3 is 40.4 Å². The second-order valence-electron chi connectivity index (χ2n) is 14.5. The van der Waals surface area contributed by atoms with Gasteiger partial charge in [0.25, 0.3) is 0 Å². The summed E-state index contributed by atoms with van der Waals surface area (Å²) in [7, 11) is 3.26. The Bertz CT molecular complexity index is 1100. The molecule has 0 aliphatic carbocycles. The molecular weight excluding hydrogens is 590 g/mol. The van der Waals surface area contributed by atoms with Crippen molar-refractivity contribution in [3.8, 4) is 11.5 Å². The SMILES string of the molecule is COCCCOc1cc(C[C@H](C[C@H](NC(=O)OC(C)(C)C)[C@H](O)C[C@H](C(=O)NCC(C)(C)C(N)=O)C(C)C)C(C)C)ccc1OC. The van der Waals surface area contributed by atoms with Gasteiger partial charge >= 0.3 is 6.09 Å². The molecule has 0 aliphatic rings. The fourth-order valence-electron chi connectivity index (χ4n) is 4.97. The van der Waals surface area contributed by atoms with Gasteiger partial charge in [-0.05, 0) is 89.3 Å². The monoisotopic (exact) mass is 651 g/mol. The summed E-state index contributed by atoms with van der Waals surface area (Å²) in [6, 6.07) is 5.16. The molecule has 3 amide bonds. The van der Waals surface area contributed by atoms with E-state index in [0.717, 1.165) is 12.0 Å². The molecule has 1 rings (SSSR count). The van der Waals surface area contributed by atoms with Crippen LogP contribution in [0.5, 0.6) is 11.5 Å². The van der Waals surface area contributed by atoms with Gasteiger partial charge in [-0.15, -0.1) is 0 Å². The highest BCUT2D eigenvalue weighted by Crippen LogP contribution is 2.32. The van der Waals surface area contributed by atoms with Crippen molar-refractivity contribution in [3.05, 3.63) is 23.8 Å². The number of hydrogen-bond acceptors (Lipinski definition) is 8. The molecule has 11 heteroatoms. The lowest BCUT2D eigenvalue weighted by Gasteiger charge is -2.33. The van der Waals surface area contributed by atoms with Gasteiger partial charge in [0, 0.05) is 32.6 Å². The molecule has 0 saturated heterocycles. The first-order valence-corrected chi connectivity index (χ1v) is 16.3. The molecule has 1 aromatic carbocycles. The number of carbonyl (C=O) groups is 3. The van der Waals surface area contributed by atoms with Crippen molar-refractivity contribution >= 4 is 17.9 Å². The molecule has 0 unspecified atom stereocenters. The molecule has 4 atom stereocenters. The van der Waals surface area contributed by atoms with Gasteiger partial charge in [-0.3, -0.25) is 9.59 Å². The Balaban J connectivity index is 3.26. The van der Waals surface area contributed by atoms with Crippen LogP contribution in [0.15, 0.2) is 18.2 Å². The van der Waals surface area contributed by atoms with Gasteiger partial charge in [-0.1, -0.05) is 33.8 Å². The third-order valence-electron chi connectivity index (χ3n) is 8.15. The third kappa shape index (κ3) is 14.6. The standard InChI is InChI=1S/C35H61N3O8/c1-22(2)25(17-24-13-14-29(44-11)30(18-24)45-16-12-15-43-10)19-27(38-33(42)46-34(5,6)7)28(39)20-26(23(3)4)31(40)37-21-35(8,9)32(36)41/h13-14,18,22-23,25-28,39H,12,15-17,19-21H2,1-11H3,(H2,36,41)(H,37,40)(H,38,42)/t25-,26+,27+,28-/m1/s1. The molecule has 264 valence electrons. The minimum Gasteiger partial charge on any atom is -0.493 e. The Hall–Kier alpha value is -3.05. The summed E-state index contributed by atoms with van der Waals surface area (Å²) < 4.78 is 22.2. The molecule has 0 fully saturated rings. The van der Waals surface area contributed by atoms with E-state index in [0.29, 0.717) is 37.6 Å². The zero-order valence-electron chi connectivity index (χ0n) is 30.0. The number of ether oxygens (including phenoxy) is 4. The fraction of sp³-hybridized carbons (Fsp3) is 0.743. The number of nitrogens with two attached hydrogens (primary N) is 1. The average molecular weight is 652 g/mol. The van der Waals surface area contributed by atoms with E-state index in [1.165, 1.54) is 0 Å². The minimum atomic E-state index is -1.05. The number of rotatable bonds is 20. The maximum atomic E-state index is 13.3. The summed E-state index contributed by atoms with van der Waals surface area (Å²) in [5.41, 5.74) is 4.87. The van der Waals surface area contributed by atoms with Gasteiger partial charge in [-0.25, -0.2) is 4.79 Å². The molecule has 0 heterocycles.